The molecule has 0 spiro atoms. The molecular formula is C24H23N5O. The van der Waals surface area contributed by atoms with E-state index in [2.05, 4.69) is 33.5 Å². The molecule has 1 aromatic carbocycles. The van der Waals surface area contributed by atoms with Gasteiger partial charge in [-0.25, -0.2) is 9.97 Å². The Kier molecular flexibility index (Phi) is 4.37. The molecule has 3 heterocycles. The monoisotopic (exact) mass is 397 g/mol. The normalized spacial score (nSPS) is 13.0. The summed E-state index contributed by atoms with van der Waals surface area (Å²) in [7, 11) is 0. The zero-order valence-electron chi connectivity index (χ0n) is 17.0. The third-order valence-corrected chi connectivity index (χ3v) is 5.14. The van der Waals surface area contributed by atoms with Crippen LogP contribution in [0.3, 0.4) is 0 Å². The maximum absolute atomic E-state index is 10.0. The summed E-state index contributed by atoms with van der Waals surface area (Å²) in [4.78, 5) is 13.9. The Morgan fingerprint density at radius 2 is 2.00 bits per heavy atom. The molecule has 6 heteroatoms. The highest BCUT2D eigenvalue weighted by atomic mass is 16.3. The number of aliphatic hydroxyl groups is 1. The van der Waals surface area contributed by atoms with Gasteiger partial charge in [0.15, 0.2) is 11.5 Å². The van der Waals surface area contributed by atoms with Crippen LogP contribution in [0.1, 0.15) is 30.7 Å². The van der Waals surface area contributed by atoms with Crippen molar-refractivity contribution in [3.63, 3.8) is 0 Å². The second-order valence-electron chi connectivity index (χ2n) is 8.32. The van der Waals surface area contributed by atoms with Crippen LogP contribution in [0.5, 0.6) is 0 Å². The van der Waals surface area contributed by atoms with Gasteiger partial charge in [0.25, 0.3) is 0 Å². The molecule has 0 saturated carbocycles. The van der Waals surface area contributed by atoms with E-state index >= 15 is 0 Å². The van der Waals surface area contributed by atoms with Crippen LogP contribution >= 0.6 is 0 Å². The van der Waals surface area contributed by atoms with Crippen molar-refractivity contribution in [1.82, 2.24) is 19.4 Å². The number of allylic oxidation sites excluding steroid dienone is 1. The predicted molar refractivity (Wildman–Crippen MR) is 119 cm³/mol. The van der Waals surface area contributed by atoms with Crippen molar-refractivity contribution in [2.75, 3.05) is 5.32 Å². The number of anilines is 2. The highest BCUT2D eigenvalue weighted by molar-refractivity contribution is 5.74. The van der Waals surface area contributed by atoms with E-state index in [1.165, 1.54) is 5.56 Å². The largest absolute Gasteiger partial charge is 0.390 e. The third-order valence-electron chi connectivity index (χ3n) is 5.14. The van der Waals surface area contributed by atoms with E-state index in [9.17, 15) is 5.11 Å². The van der Waals surface area contributed by atoms with E-state index in [0.717, 1.165) is 40.3 Å². The van der Waals surface area contributed by atoms with E-state index < -0.39 is 5.60 Å². The average molecular weight is 397 g/mol. The van der Waals surface area contributed by atoms with Gasteiger partial charge in [-0.2, -0.15) is 0 Å². The van der Waals surface area contributed by atoms with E-state index in [4.69, 9.17) is 4.98 Å². The number of aromatic nitrogens is 4. The van der Waals surface area contributed by atoms with Crippen molar-refractivity contribution >= 4 is 23.2 Å². The molecule has 0 bridgehead atoms. The molecule has 1 aliphatic carbocycles. The lowest BCUT2D eigenvalue weighted by atomic mass is 9.99. The number of benzene rings is 1. The first-order valence-corrected chi connectivity index (χ1v) is 10.0. The summed E-state index contributed by atoms with van der Waals surface area (Å²) >= 11 is 0. The number of imidazole rings is 1. The number of hydrogen-bond acceptors (Lipinski definition) is 5. The third kappa shape index (κ3) is 3.69. The zero-order valence-corrected chi connectivity index (χ0v) is 17.0. The molecule has 6 nitrogen and oxygen atoms in total. The lowest BCUT2D eigenvalue weighted by Gasteiger charge is -2.17. The van der Waals surface area contributed by atoms with Crippen LogP contribution in [0, 0.1) is 0 Å². The Labute approximate surface area is 175 Å². The number of hydrogen-bond donors (Lipinski definition) is 2. The minimum Gasteiger partial charge on any atom is -0.390 e. The van der Waals surface area contributed by atoms with Crippen LogP contribution in [0.25, 0.3) is 23.0 Å². The lowest BCUT2D eigenvalue weighted by molar-refractivity contribution is 0.0810. The summed E-state index contributed by atoms with van der Waals surface area (Å²) in [5.41, 5.74) is 6.10. The predicted octanol–water partition coefficient (Wildman–Crippen LogP) is 4.42. The highest BCUT2D eigenvalue weighted by Gasteiger charge is 2.15. The molecule has 5 rings (SSSR count). The Hall–Kier alpha value is -3.51. The molecule has 0 unspecified atom stereocenters. The number of pyridine rings is 1. The van der Waals surface area contributed by atoms with Crippen molar-refractivity contribution in [1.29, 1.82) is 0 Å². The molecular weight excluding hydrogens is 374 g/mol. The molecule has 0 saturated heterocycles. The van der Waals surface area contributed by atoms with Crippen LogP contribution in [-0.4, -0.2) is 30.1 Å². The van der Waals surface area contributed by atoms with Gasteiger partial charge in [-0.15, -0.1) is 0 Å². The van der Waals surface area contributed by atoms with E-state index in [-0.39, 0.29) is 0 Å². The first-order chi connectivity index (χ1) is 14.4. The molecule has 2 N–H and O–H groups in total. The van der Waals surface area contributed by atoms with Crippen molar-refractivity contribution in [3.8, 4) is 11.3 Å². The number of nitrogens with one attached hydrogen (secondary N) is 1. The maximum Gasteiger partial charge on any atom is 0.180 e. The molecule has 0 amide bonds. The molecule has 0 radical (unpaired) electrons. The van der Waals surface area contributed by atoms with Gasteiger partial charge in [-0.05, 0) is 55.7 Å². The molecule has 0 atom stereocenters. The topological polar surface area (TPSA) is 75.3 Å². The fourth-order valence-electron chi connectivity index (χ4n) is 3.77. The van der Waals surface area contributed by atoms with Crippen molar-refractivity contribution in [2.24, 2.45) is 0 Å². The Morgan fingerprint density at radius 3 is 2.80 bits per heavy atom. The van der Waals surface area contributed by atoms with Crippen LogP contribution in [0.15, 0.2) is 61.2 Å². The minimum absolute atomic E-state index is 0.603. The van der Waals surface area contributed by atoms with Gasteiger partial charge in [0.1, 0.15) is 0 Å². The molecule has 1 aliphatic rings. The van der Waals surface area contributed by atoms with Gasteiger partial charge in [-0.1, -0.05) is 18.2 Å². The van der Waals surface area contributed by atoms with Gasteiger partial charge in [0.05, 0.1) is 17.0 Å². The summed E-state index contributed by atoms with van der Waals surface area (Å²) in [6.07, 6.45) is 13.2. The minimum atomic E-state index is -0.730. The number of nitrogens with zero attached hydrogens (tertiary/aromatic N) is 4. The first kappa shape index (κ1) is 18.5. The van der Waals surface area contributed by atoms with Crippen LogP contribution in [0.4, 0.5) is 11.5 Å². The summed E-state index contributed by atoms with van der Waals surface area (Å²) in [6.45, 7) is 3.63. The van der Waals surface area contributed by atoms with Gasteiger partial charge in [-0.3, -0.25) is 4.98 Å². The average Bonchev–Trinajstić information content (AvgIpc) is 3.36. The Balaban J connectivity index is 1.48. The van der Waals surface area contributed by atoms with E-state index in [1.54, 1.807) is 6.20 Å². The smallest absolute Gasteiger partial charge is 0.180 e. The summed E-state index contributed by atoms with van der Waals surface area (Å²) < 4.78 is 1.97. The second-order valence-corrected chi connectivity index (χ2v) is 8.32. The summed E-state index contributed by atoms with van der Waals surface area (Å²) in [5.74, 6) is 0.686. The lowest BCUT2D eigenvalue weighted by Crippen LogP contribution is -2.21. The van der Waals surface area contributed by atoms with Crippen molar-refractivity contribution in [2.45, 2.75) is 32.3 Å². The van der Waals surface area contributed by atoms with Crippen molar-refractivity contribution in [3.05, 3.63) is 78.0 Å². The molecule has 3 aromatic heterocycles. The van der Waals surface area contributed by atoms with Crippen LogP contribution in [0.2, 0.25) is 0 Å². The van der Waals surface area contributed by atoms with Gasteiger partial charge < -0.3 is 14.8 Å². The van der Waals surface area contributed by atoms with Crippen LogP contribution < -0.4 is 5.32 Å². The van der Waals surface area contributed by atoms with E-state index in [0.29, 0.717) is 12.2 Å². The quantitative estimate of drug-likeness (QED) is 0.521. The maximum atomic E-state index is 10.0. The molecule has 0 aliphatic heterocycles. The van der Waals surface area contributed by atoms with E-state index in [1.807, 2.05) is 61.1 Å². The van der Waals surface area contributed by atoms with Crippen LogP contribution in [-0.2, 0) is 12.8 Å². The number of fused-ring (bicyclic) bond motifs is 2. The highest BCUT2D eigenvalue weighted by Crippen LogP contribution is 2.27. The molecule has 150 valence electrons. The van der Waals surface area contributed by atoms with Gasteiger partial charge in [0.2, 0.25) is 0 Å². The van der Waals surface area contributed by atoms with Gasteiger partial charge >= 0.3 is 0 Å². The fraction of sp³-hybridized carbons (Fsp3) is 0.208. The second kappa shape index (κ2) is 7.07. The Bertz CT molecular complexity index is 1250. The SMILES string of the molecule is CC(C)(O)Cc1ccc(Nc2nc(-c3cnc4c(c3)CC=C4)cn3ccnc23)cc1. The molecule has 4 aromatic rings. The zero-order chi connectivity index (χ0) is 20.7. The fourth-order valence-corrected chi connectivity index (χ4v) is 3.77. The summed E-state index contributed by atoms with van der Waals surface area (Å²) in [6, 6.07) is 10.2. The summed E-state index contributed by atoms with van der Waals surface area (Å²) in [5, 5.41) is 13.4. The standard InChI is InChI=1S/C24H23N5O/c1-24(2,30)13-16-6-8-19(9-7-16)27-22-23-25-10-11-29(23)15-21(28-22)18-12-17-4-3-5-20(17)26-14-18/h3,5-12,14-15,30H,4,13H2,1-2H3,(H,27,28). The Morgan fingerprint density at radius 1 is 1.17 bits per heavy atom. The van der Waals surface area contributed by atoms with Crippen molar-refractivity contribution < 1.29 is 5.11 Å². The number of rotatable bonds is 5. The first-order valence-electron chi connectivity index (χ1n) is 10.0. The molecule has 0 fully saturated rings. The van der Waals surface area contributed by atoms with Gasteiger partial charge in [0, 0.05) is 42.5 Å². The molecule has 30 heavy (non-hydrogen) atoms.